The van der Waals surface area contributed by atoms with Crippen molar-refractivity contribution in [3.63, 3.8) is 0 Å². The van der Waals surface area contributed by atoms with E-state index in [0.29, 0.717) is 11.0 Å². The van der Waals surface area contributed by atoms with E-state index in [-0.39, 0.29) is 54.0 Å². The van der Waals surface area contributed by atoms with Crippen molar-refractivity contribution < 1.29 is 41.1 Å². The molecule has 2 aromatic carbocycles. The van der Waals surface area contributed by atoms with Crippen molar-refractivity contribution in [3.05, 3.63) is 70.4 Å². The fourth-order valence-corrected chi connectivity index (χ4v) is 6.13. The molecule has 1 saturated heterocycles. The third-order valence-corrected chi connectivity index (χ3v) is 8.52. The summed E-state index contributed by atoms with van der Waals surface area (Å²) in [5.74, 6) is -1.80. The number of aliphatic carboxylic acids is 1. The molecule has 4 amide bonds. The number of hydrogen-bond acceptors (Lipinski definition) is 7. The van der Waals surface area contributed by atoms with Gasteiger partial charge in [-0.15, -0.1) is 0 Å². The molecule has 0 radical (unpaired) electrons. The number of hydrogen-bond donors (Lipinski definition) is 1. The number of rotatable bonds is 4. The second kappa shape index (κ2) is 11.4. The van der Waals surface area contributed by atoms with Crippen LogP contribution in [0, 0.1) is 28.6 Å². The summed E-state index contributed by atoms with van der Waals surface area (Å²) in [5.41, 5.74) is -2.07. The Bertz CT molecular complexity index is 1730. The van der Waals surface area contributed by atoms with Gasteiger partial charge in [0, 0.05) is 25.0 Å². The fraction of sp³-hybridized carbons (Fsp3) is 0.321. The van der Waals surface area contributed by atoms with Gasteiger partial charge in [0.25, 0.3) is 0 Å². The smallest absolute Gasteiger partial charge is 0.416 e. The van der Waals surface area contributed by atoms with Gasteiger partial charge in [-0.25, -0.2) is 22.9 Å². The Kier molecular flexibility index (Phi) is 8.24. The maximum atomic E-state index is 14.2. The molecule has 0 aliphatic carbocycles. The van der Waals surface area contributed by atoms with Crippen LogP contribution in [0.15, 0.2) is 58.6 Å². The number of amides is 4. The molecule has 2 heterocycles. The first-order chi connectivity index (χ1) is 20.1. The van der Waals surface area contributed by atoms with Crippen molar-refractivity contribution in [1.29, 1.82) is 10.5 Å². The molecule has 4 rings (SSSR count). The lowest BCUT2D eigenvalue weighted by atomic mass is 9.92. The van der Waals surface area contributed by atoms with E-state index < -0.39 is 56.5 Å². The van der Waals surface area contributed by atoms with Crippen LogP contribution in [0.5, 0.6) is 0 Å². The van der Waals surface area contributed by atoms with Crippen LogP contribution in [-0.4, -0.2) is 60.7 Å². The lowest BCUT2D eigenvalue weighted by Crippen LogP contribution is -2.57. The standard InChI is InChI=1S/C28H24F3N5O6S/c1-16-22(15-33)24(21-7-6-17(14-32)12-23(21)43(2,41)42)36(26(39)34-10-8-18(9-11-34)25(37)38)27(40)35(16)20-5-3-4-19(13-20)28(29,30)31/h3-7,12-13,18,24H,8-11H2,1-2H3,(H,37,38)/t24-/m1/s1. The minimum atomic E-state index is -4.77. The molecular formula is C28H24F3N5O6S. The number of carbonyl (C=O) groups excluding carboxylic acids is 2. The van der Waals surface area contributed by atoms with Crippen LogP contribution >= 0.6 is 0 Å². The van der Waals surface area contributed by atoms with E-state index in [1.54, 1.807) is 0 Å². The lowest BCUT2D eigenvalue weighted by Gasteiger charge is -2.43. The highest BCUT2D eigenvalue weighted by molar-refractivity contribution is 7.90. The molecule has 2 aliphatic heterocycles. The van der Waals surface area contributed by atoms with Crippen molar-refractivity contribution in [1.82, 2.24) is 9.80 Å². The van der Waals surface area contributed by atoms with Crippen molar-refractivity contribution in [2.45, 2.75) is 36.9 Å². The van der Waals surface area contributed by atoms with Crippen LogP contribution in [-0.2, 0) is 20.8 Å². The number of benzene rings is 2. The Balaban J connectivity index is 1.96. The number of anilines is 1. The summed E-state index contributed by atoms with van der Waals surface area (Å²) < 4.78 is 66.3. The van der Waals surface area contributed by atoms with E-state index in [4.69, 9.17) is 0 Å². The van der Waals surface area contributed by atoms with E-state index in [0.717, 1.165) is 29.4 Å². The van der Waals surface area contributed by atoms with Gasteiger partial charge in [-0.1, -0.05) is 12.1 Å². The van der Waals surface area contributed by atoms with Crippen LogP contribution in [0.1, 0.15) is 42.5 Å². The topological polar surface area (TPSA) is 163 Å². The number of allylic oxidation sites excluding steroid dienone is 1. The van der Waals surface area contributed by atoms with Gasteiger partial charge in [0.05, 0.1) is 45.3 Å². The second-order valence-corrected chi connectivity index (χ2v) is 12.1. The Morgan fingerprint density at radius 2 is 1.70 bits per heavy atom. The number of urea groups is 2. The third-order valence-electron chi connectivity index (χ3n) is 7.36. The van der Waals surface area contributed by atoms with Crippen molar-refractivity contribution in [2.24, 2.45) is 5.92 Å². The number of nitriles is 2. The Hall–Kier alpha value is -4.89. The van der Waals surface area contributed by atoms with Gasteiger partial charge >= 0.3 is 24.2 Å². The number of alkyl halides is 3. The first-order valence-electron chi connectivity index (χ1n) is 12.8. The van der Waals surface area contributed by atoms with Gasteiger partial charge in [-0.2, -0.15) is 23.7 Å². The Labute approximate surface area is 244 Å². The zero-order valence-corrected chi connectivity index (χ0v) is 23.6. The molecule has 0 saturated carbocycles. The number of carboxylic acids is 1. The largest absolute Gasteiger partial charge is 0.481 e. The molecule has 0 bridgehead atoms. The predicted octanol–water partition coefficient (Wildman–Crippen LogP) is 4.68. The average molecular weight is 616 g/mol. The third kappa shape index (κ3) is 5.89. The quantitative estimate of drug-likeness (QED) is 0.518. The summed E-state index contributed by atoms with van der Waals surface area (Å²) in [6.45, 7) is 1.10. The summed E-state index contributed by atoms with van der Waals surface area (Å²) in [6.07, 6.45) is -3.82. The molecule has 1 fully saturated rings. The molecule has 0 aromatic heterocycles. The molecule has 43 heavy (non-hydrogen) atoms. The molecule has 11 nitrogen and oxygen atoms in total. The minimum Gasteiger partial charge on any atom is -0.481 e. The summed E-state index contributed by atoms with van der Waals surface area (Å²) in [6, 6.07) is 7.13. The van der Waals surface area contributed by atoms with Gasteiger partial charge < -0.3 is 10.0 Å². The van der Waals surface area contributed by atoms with E-state index in [2.05, 4.69) is 0 Å². The summed E-state index contributed by atoms with van der Waals surface area (Å²) in [7, 11) is -4.11. The van der Waals surface area contributed by atoms with Crippen molar-refractivity contribution in [2.75, 3.05) is 24.2 Å². The SMILES string of the molecule is CC1=C(C#N)[C@@H](c2ccc(C#N)cc2S(C)(=O)=O)N(C(=O)N2CCC(C(=O)O)CC2)C(=O)N1c1cccc(C(F)(F)F)c1. The molecule has 2 aliphatic rings. The van der Waals surface area contributed by atoms with Gasteiger partial charge in [-0.05, 0) is 55.7 Å². The normalized spacial score (nSPS) is 18.3. The number of imide groups is 1. The molecule has 0 unspecified atom stereocenters. The maximum absolute atomic E-state index is 14.2. The zero-order valence-electron chi connectivity index (χ0n) is 22.8. The lowest BCUT2D eigenvalue weighted by molar-refractivity contribution is -0.143. The van der Waals surface area contributed by atoms with E-state index >= 15 is 0 Å². The molecule has 224 valence electrons. The van der Waals surface area contributed by atoms with Crippen molar-refractivity contribution in [3.8, 4) is 12.1 Å². The van der Waals surface area contributed by atoms with Gasteiger partial charge in [0.15, 0.2) is 9.84 Å². The van der Waals surface area contributed by atoms with Crippen LogP contribution in [0.2, 0.25) is 0 Å². The molecule has 1 atom stereocenters. The molecule has 1 N–H and O–H groups in total. The van der Waals surface area contributed by atoms with Gasteiger partial charge in [0.1, 0.15) is 6.04 Å². The van der Waals surface area contributed by atoms with Crippen LogP contribution in [0.4, 0.5) is 28.4 Å². The first-order valence-corrected chi connectivity index (χ1v) is 14.7. The summed E-state index contributed by atoms with van der Waals surface area (Å²) >= 11 is 0. The zero-order chi connectivity index (χ0) is 31.9. The predicted molar refractivity (Wildman–Crippen MR) is 144 cm³/mol. The highest BCUT2D eigenvalue weighted by Gasteiger charge is 2.47. The number of carboxylic acid groups (broad SMARTS) is 1. The minimum absolute atomic E-state index is 0.0512. The monoisotopic (exact) mass is 615 g/mol. The molecule has 15 heteroatoms. The number of sulfone groups is 1. The van der Waals surface area contributed by atoms with Crippen LogP contribution in [0.3, 0.4) is 0 Å². The number of piperidine rings is 1. The second-order valence-electron chi connectivity index (χ2n) is 10.1. The Morgan fingerprint density at radius 3 is 2.23 bits per heavy atom. The fourth-order valence-electron chi connectivity index (χ4n) is 5.18. The Morgan fingerprint density at radius 1 is 1.05 bits per heavy atom. The van der Waals surface area contributed by atoms with Gasteiger partial charge in [-0.3, -0.25) is 9.69 Å². The summed E-state index contributed by atoms with van der Waals surface area (Å²) in [4.78, 5) is 41.8. The molecule has 0 spiro atoms. The molecular weight excluding hydrogens is 591 g/mol. The maximum Gasteiger partial charge on any atom is 0.416 e. The highest BCUT2D eigenvalue weighted by atomic mass is 32.2. The highest BCUT2D eigenvalue weighted by Crippen LogP contribution is 2.43. The number of likely N-dealkylation sites (tertiary alicyclic amines) is 1. The number of carbonyl (C=O) groups is 3. The van der Waals surface area contributed by atoms with E-state index in [1.165, 1.54) is 30.0 Å². The molecule has 2 aromatic rings. The van der Waals surface area contributed by atoms with Crippen LogP contribution in [0.25, 0.3) is 0 Å². The van der Waals surface area contributed by atoms with Crippen molar-refractivity contribution >= 4 is 33.6 Å². The van der Waals surface area contributed by atoms with E-state index in [1.807, 2.05) is 12.1 Å². The number of nitrogens with zero attached hydrogens (tertiary/aromatic N) is 5. The van der Waals surface area contributed by atoms with Crippen LogP contribution < -0.4 is 4.90 Å². The first kappa shape index (κ1) is 31.1. The summed E-state index contributed by atoms with van der Waals surface area (Å²) in [5, 5.41) is 29.0. The van der Waals surface area contributed by atoms with Gasteiger partial charge in [0.2, 0.25) is 0 Å². The number of halogens is 3. The average Bonchev–Trinajstić information content (AvgIpc) is 2.95. The van der Waals surface area contributed by atoms with E-state index in [9.17, 15) is 51.6 Å².